The molecule has 1 aliphatic heterocycles. The van der Waals surface area contributed by atoms with E-state index in [4.69, 9.17) is 0 Å². The lowest BCUT2D eigenvalue weighted by Crippen LogP contribution is -2.54. The van der Waals surface area contributed by atoms with Gasteiger partial charge in [-0.3, -0.25) is 14.3 Å². The molecule has 0 atom stereocenters. The Labute approximate surface area is 162 Å². The molecule has 1 aromatic carbocycles. The number of benzene rings is 1. The van der Waals surface area contributed by atoms with Crippen LogP contribution in [0.5, 0.6) is 0 Å². The van der Waals surface area contributed by atoms with Crippen molar-refractivity contribution in [3.8, 4) is 0 Å². The van der Waals surface area contributed by atoms with Crippen LogP contribution in [0.25, 0.3) is 0 Å². The lowest BCUT2D eigenvalue weighted by molar-refractivity contribution is -0.123. The molecule has 0 aliphatic carbocycles. The average Bonchev–Trinajstić information content (AvgIpc) is 3.32. The summed E-state index contributed by atoms with van der Waals surface area (Å²) in [5.41, 5.74) is 1.67. The number of nitrogens with zero attached hydrogens (tertiary/aromatic N) is 5. The predicted molar refractivity (Wildman–Crippen MR) is 104 cm³/mol. The number of imidazole rings is 1. The predicted octanol–water partition coefficient (Wildman–Crippen LogP) is 1.86. The SMILES string of the molecule is CCn1ccc(NC(=O)C2CN(C(=O)c3cccc(Cn4ccnc4)c3)C2)n1. The molecular formula is C20H22N6O2. The summed E-state index contributed by atoms with van der Waals surface area (Å²) in [6, 6.07) is 9.35. The van der Waals surface area contributed by atoms with Crippen molar-refractivity contribution >= 4 is 17.6 Å². The van der Waals surface area contributed by atoms with Gasteiger partial charge in [-0.2, -0.15) is 5.10 Å². The Morgan fingerprint density at radius 2 is 2.07 bits per heavy atom. The molecular weight excluding hydrogens is 356 g/mol. The molecule has 0 unspecified atom stereocenters. The van der Waals surface area contributed by atoms with Crippen molar-refractivity contribution in [3.63, 3.8) is 0 Å². The van der Waals surface area contributed by atoms with Crippen molar-refractivity contribution < 1.29 is 9.59 Å². The van der Waals surface area contributed by atoms with Crippen LogP contribution < -0.4 is 5.32 Å². The second-order valence-electron chi connectivity index (χ2n) is 6.89. The first kappa shape index (κ1) is 18.0. The largest absolute Gasteiger partial charge is 0.337 e. The van der Waals surface area contributed by atoms with Crippen LogP contribution >= 0.6 is 0 Å². The molecule has 144 valence electrons. The van der Waals surface area contributed by atoms with Gasteiger partial charge in [-0.25, -0.2) is 4.98 Å². The third-order valence-electron chi connectivity index (χ3n) is 4.85. The number of aryl methyl sites for hydroxylation is 1. The molecule has 0 radical (unpaired) electrons. The molecule has 3 aromatic rings. The minimum absolute atomic E-state index is 0.0493. The van der Waals surface area contributed by atoms with Gasteiger partial charge in [0.05, 0.1) is 12.2 Å². The standard InChI is InChI=1S/C20H22N6O2/c1-2-26-8-6-18(23-26)22-19(27)17-12-25(13-17)20(28)16-5-3-4-15(10-16)11-24-9-7-21-14-24/h3-10,14,17H,2,11-13H2,1H3,(H,22,23,27). The first-order chi connectivity index (χ1) is 13.6. The monoisotopic (exact) mass is 378 g/mol. The summed E-state index contributed by atoms with van der Waals surface area (Å²) in [6.45, 7) is 4.24. The van der Waals surface area contributed by atoms with E-state index in [0.29, 0.717) is 31.0 Å². The fourth-order valence-electron chi connectivity index (χ4n) is 3.22. The molecule has 4 rings (SSSR count). The van der Waals surface area contributed by atoms with E-state index in [1.54, 1.807) is 28.2 Å². The first-order valence-corrected chi connectivity index (χ1v) is 9.30. The average molecular weight is 378 g/mol. The van der Waals surface area contributed by atoms with Gasteiger partial charge in [-0.15, -0.1) is 0 Å². The molecule has 2 amide bonds. The van der Waals surface area contributed by atoms with E-state index in [2.05, 4.69) is 15.4 Å². The van der Waals surface area contributed by atoms with Crippen molar-refractivity contribution in [1.29, 1.82) is 0 Å². The number of aromatic nitrogens is 4. The van der Waals surface area contributed by atoms with Crippen molar-refractivity contribution in [2.75, 3.05) is 18.4 Å². The number of hydrogen-bond acceptors (Lipinski definition) is 4. The van der Waals surface area contributed by atoms with Crippen LogP contribution in [0, 0.1) is 5.92 Å². The van der Waals surface area contributed by atoms with Gasteiger partial charge in [0.15, 0.2) is 5.82 Å². The van der Waals surface area contributed by atoms with Crippen LogP contribution in [0.15, 0.2) is 55.2 Å². The van der Waals surface area contributed by atoms with E-state index in [1.165, 1.54) is 0 Å². The van der Waals surface area contributed by atoms with Gasteiger partial charge in [0, 0.05) is 56.4 Å². The highest BCUT2D eigenvalue weighted by atomic mass is 16.2. The van der Waals surface area contributed by atoms with Crippen molar-refractivity contribution in [2.24, 2.45) is 5.92 Å². The van der Waals surface area contributed by atoms with Crippen LogP contribution in [-0.4, -0.2) is 49.1 Å². The molecule has 1 saturated heterocycles. The summed E-state index contributed by atoms with van der Waals surface area (Å²) in [4.78, 5) is 30.8. The molecule has 1 N–H and O–H groups in total. The molecule has 8 heteroatoms. The zero-order valence-corrected chi connectivity index (χ0v) is 15.7. The second-order valence-corrected chi connectivity index (χ2v) is 6.89. The van der Waals surface area contributed by atoms with Crippen LogP contribution in [0.4, 0.5) is 5.82 Å². The Morgan fingerprint density at radius 1 is 1.21 bits per heavy atom. The summed E-state index contributed by atoms with van der Waals surface area (Å²) in [5.74, 6) is 0.194. The number of likely N-dealkylation sites (tertiary alicyclic amines) is 1. The Morgan fingerprint density at radius 3 is 2.79 bits per heavy atom. The van der Waals surface area contributed by atoms with Crippen LogP contribution in [0.2, 0.25) is 0 Å². The Balaban J connectivity index is 1.32. The highest BCUT2D eigenvalue weighted by Gasteiger charge is 2.36. The highest BCUT2D eigenvalue weighted by molar-refractivity contribution is 5.98. The Hall–Kier alpha value is -3.42. The molecule has 0 spiro atoms. The maximum Gasteiger partial charge on any atom is 0.253 e. The van der Waals surface area contributed by atoms with Gasteiger partial charge in [0.2, 0.25) is 5.91 Å². The molecule has 1 aliphatic rings. The van der Waals surface area contributed by atoms with Gasteiger partial charge >= 0.3 is 0 Å². The molecule has 0 saturated carbocycles. The van der Waals surface area contributed by atoms with E-state index in [1.807, 2.05) is 48.1 Å². The third kappa shape index (κ3) is 3.80. The summed E-state index contributed by atoms with van der Waals surface area (Å²) in [6.07, 6.45) is 7.18. The maximum absolute atomic E-state index is 12.7. The number of hydrogen-bond donors (Lipinski definition) is 1. The lowest BCUT2D eigenvalue weighted by Gasteiger charge is -2.38. The second kappa shape index (κ2) is 7.67. The van der Waals surface area contributed by atoms with E-state index in [-0.39, 0.29) is 17.7 Å². The van der Waals surface area contributed by atoms with Gasteiger partial charge < -0.3 is 14.8 Å². The van der Waals surface area contributed by atoms with Gasteiger partial charge in [0.1, 0.15) is 0 Å². The summed E-state index contributed by atoms with van der Waals surface area (Å²) in [7, 11) is 0. The highest BCUT2D eigenvalue weighted by Crippen LogP contribution is 2.21. The molecule has 28 heavy (non-hydrogen) atoms. The normalized spacial score (nSPS) is 14.0. The van der Waals surface area contributed by atoms with Crippen LogP contribution in [0.1, 0.15) is 22.8 Å². The van der Waals surface area contributed by atoms with Gasteiger partial charge in [0.25, 0.3) is 5.91 Å². The summed E-state index contributed by atoms with van der Waals surface area (Å²) >= 11 is 0. The third-order valence-corrected chi connectivity index (χ3v) is 4.85. The van der Waals surface area contributed by atoms with E-state index in [0.717, 1.165) is 12.1 Å². The number of rotatable bonds is 6. The van der Waals surface area contributed by atoms with Crippen molar-refractivity contribution in [2.45, 2.75) is 20.0 Å². The molecule has 8 nitrogen and oxygen atoms in total. The lowest BCUT2D eigenvalue weighted by atomic mass is 9.97. The van der Waals surface area contributed by atoms with Crippen LogP contribution in [0.3, 0.4) is 0 Å². The van der Waals surface area contributed by atoms with E-state index >= 15 is 0 Å². The number of carbonyl (C=O) groups excluding carboxylic acids is 2. The minimum Gasteiger partial charge on any atom is -0.337 e. The first-order valence-electron chi connectivity index (χ1n) is 9.30. The molecule has 1 fully saturated rings. The number of nitrogens with one attached hydrogen (secondary N) is 1. The Kier molecular flexibility index (Phi) is 4.92. The molecule has 2 aromatic heterocycles. The van der Waals surface area contributed by atoms with Gasteiger partial charge in [-0.05, 0) is 24.6 Å². The number of amides is 2. The number of anilines is 1. The Bertz CT molecular complexity index is 972. The summed E-state index contributed by atoms with van der Waals surface area (Å²) < 4.78 is 3.70. The molecule has 0 bridgehead atoms. The zero-order valence-electron chi connectivity index (χ0n) is 15.7. The van der Waals surface area contributed by atoms with Crippen molar-refractivity contribution in [1.82, 2.24) is 24.2 Å². The quantitative estimate of drug-likeness (QED) is 0.709. The number of carbonyl (C=O) groups is 2. The fourth-order valence-corrected chi connectivity index (χ4v) is 3.22. The molecule has 3 heterocycles. The van der Waals surface area contributed by atoms with E-state index < -0.39 is 0 Å². The zero-order chi connectivity index (χ0) is 19.5. The smallest absolute Gasteiger partial charge is 0.253 e. The minimum atomic E-state index is -0.204. The van der Waals surface area contributed by atoms with Crippen LogP contribution in [-0.2, 0) is 17.9 Å². The van der Waals surface area contributed by atoms with Crippen molar-refractivity contribution in [3.05, 3.63) is 66.4 Å². The summed E-state index contributed by atoms with van der Waals surface area (Å²) in [5, 5.41) is 7.06. The maximum atomic E-state index is 12.7. The van der Waals surface area contributed by atoms with Gasteiger partial charge in [-0.1, -0.05) is 12.1 Å². The topological polar surface area (TPSA) is 85.0 Å². The van der Waals surface area contributed by atoms with E-state index in [9.17, 15) is 9.59 Å². The fraction of sp³-hybridized carbons (Fsp3) is 0.300.